The van der Waals surface area contributed by atoms with Crippen LogP contribution in [0.4, 0.5) is 0 Å². The first-order valence-corrected chi connectivity index (χ1v) is 7.37. The fourth-order valence-electron chi connectivity index (χ4n) is 3.05. The number of hydrogen-bond acceptors (Lipinski definition) is 4. The van der Waals surface area contributed by atoms with E-state index in [9.17, 15) is 4.79 Å². The van der Waals surface area contributed by atoms with Crippen LogP contribution in [-0.2, 0) is 6.54 Å². The Morgan fingerprint density at radius 1 is 1.47 bits per heavy atom. The quantitative estimate of drug-likeness (QED) is 0.799. The first kappa shape index (κ1) is 14.2. The second-order valence-corrected chi connectivity index (χ2v) is 5.48. The van der Waals surface area contributed by atoms with E-state index in [1.807, 2.05) is 0 Å². The lowest BCUT2D eigenvalue weighted by Gasteiger charge is -2.36. The van der Waals surface area contributed by atoms with E-state index in [-0.39, 0.29) is 11.2 Å². The van der Waals surface area contributed by atoms with Gasteiger partial charge in [-0.2, -0.15) is 0 Å². The highest BCUT2D eigenvalue weighted by atomic mass is 16.1. The van der Waals surface area contributed by atoms with Crippen molar-refractivity contribution < 1.29 is 4.79 Å². The molecule has 106 valence electrons. The molecule has 5 nitrogen and oxygen atoms in total. The minimum atomic E-state index is -0.250. The molecule has 1 aromatic heterocycles. The Hall–Kier alpha value is -1.23. The molecule has 1 aliphatic heterocycles. The maximum atomic E-state index is 12.9. The molecule has 1 aromatic rings. The fraction of sp³-hybridized carbons (Fsp3) is 0.786. The van der Waals surface area contributed by atoms with E-state index < -0.39 is 0 Å². The second-order valence-electron chi connectivity index (χ2n) is 5.48. The van der Waals surface area contributed by atoms with Gasteiger partial charge in [-0.25, -0.2) is 4.68 Å². The molecule has 0 aromatic carbocycles. The van der Waals surface area contributed by atoms with Gasteiger partial charge >= 0.3 is 0 Å². The summed E-state index contributed by atoms with van der Waals surface area (Å²) in [5, 5.41) is 11.3. The number of hydrogen-bond donors (Lipinski definition) is 1. The number of aryl methyl sites for hydroxylation is 1. The predicted octanol–water partition coefficient (Wildman–Crippen LogP) is 2.04. The van der Waals surface area contributed by atoms with Crippen molar-refractivity contribution in [3.8, 4) is 0 Å². The van der Waals surface area contributed by atoms with Crippen LogP contribution in [0.15, 0.2) is 6.20 Å². The lowest BCUT2D eigenvalue weighted by molar-refractivity contribution is 0.0705. The molecular weight excluding hydrogens is 240 g/mol. The third-order valence-electron chi connectivity index (χ3n) is 3.97. The molecule has 0 radical (unpaired) electrons. The van der Waals surface area contributed by atoms with E-state index in [0.717, 1.165) is 51.7 Å². The van der Waals surface area contributed by atoms with Crippen molar-refractivity contribution in [1.29, 1.82) is 0 Å². The summed E-state index contributed by atoms with van der Waals surface area (Å²) in [4.78, 5) is 12.9. The molecule has 0 bridgehead atoms. The van der Waals surface area contributed by atoms with Gasteiger partial charge < -0.3 is 5.32 Å². The SMILES string of the molecule is CCCn1nncc1C(=O)C1(CCC)CCCNC1. The van der Waals surface area contributed by atoms with Crippen molar-refractivity contribution in [2.45, 2.75) is 52.5 Å². The average Bonchev–Trinajstić information content (AvgIpc) is 2.88. The number of carbonyl (C=O) groups is 1. The van der Waals surface area contributed by atoms with E-state index in [4.69, 9.17) is 0 Å². The van der Waals surface area contributed by atoms with E-state index in [2.05, 4.69) is 29.5 Å². The van der Waals surface area contributed by atoms with Crippen LogP contribution in [0.25, 0.3) is 0 Å². The minimum absolute atomic E-state index is 0.222. The molecule has 1 unspecified atom stereocenters. The Bertz CT molecular complexity index is 415. The van der Waals surface area contributed by atoms with E-state index in [1.165, 1.54) is 0 Å². The van der Waals surface area contributed by atoms with E-state index in [0.29, 0.717) is 5.69 Å². The Morgan fingerprint density at radius 2 is 2.32 bits per heavy atom. The zero-order valence-electron chi connectivity index (χ0n) is 12.0. The summed E-state index contributed by atoms with van der Waals surface area (Å²) >= 11 is 0. The van der Waals surface area contributed by atoms with Crippen LogP contribution in [0.5, 0.6) is 0 Å². The number of nitrogens with one attached hydrogen (secondary N) is 1. The molecule has 2 heterocycles. The van der Waals surface area contributed by atoms with Crippen molar-refractivity contribution in [3.05, 3.63) is 11.9 Å². The Balaban J connectivity index is 2.25. The Labute approximate surface area is 114 Å². The summed E-state index contributed by atoms with van der Waals surface area (Å²) < 4.78 is 1.76. The molecule has 1 atom stereocenters. The highest BCUT2D eigenvalue weighted by Gasteiger charge is 2.40. The van der Waals surface area contributed by atoms with Crippen molar-refractivity contribution in [2.75, 3.05) is 13.1 Å². The third-order valence-corrected chi connectivity index (χ3v) is 3.97. The smallest absolute Gasteiger partial charge is 0.189 e. The summed E-state index contributed by atoms with van der Waals surface area (Å²) in [5.74, 6) is 0.222. The van der Waals surface area contributed by atoms with Gasteiger partial charge in [0.1, 0.15) is 5.69 Å². The van der Waals surface area contributed by atoms with E-state index >= 15 is 0 Å². The summed E-state index contributed by atoms with van der Waals surface area (Å²) in [6, 6.07) is 0. The van der Waals surface area contributed by atoms with Gasteiger partial charge in [-0.15, -0.1) is 5.10 Å². The monoisotopic (exact) mass is 264 g/mol. The number of aromatic nitrogens is 3. The zero-order chi connectivity index (χ0) is 13.7. The zero-order valence-corrected chi connectivity index (χ0v) is 12.0. The van der Waals surface area contributed by atoms with Crippen LogP contribution < -0.4 is 5.32 Å². The molecule has 0 spiro atoms. The molecule has 0 saturated carbocycles. The van der Waals surface area contributed by atoms with Gasteiger partial charge in [0.15, 0.2) is 5.78 Å². The van der Waals surface area contributed by atoms with Crippen molar-refractivity contribution in [2.24, 2.45) is 5.41 Å². The Morgan fingerprint density at radius 3 is 2.95 bits per heavy atom. The molecule has 0 amide bonds. The summed E-state index contributed by atoms with van der Waals surface area (Å²) in [7, 11) is 0. The molecule has 0 aliphatic carbocycles. The highest BCUT2D eigenvalue weighted by Crippen LogP contribution is 2.35. The van der Waals surface area contributed by atoms with Gasteiger partial charge in [0, 0.05) is 18.5 Å². The third kappa shape index (κ3) is 2.86. The predicted molar refractivity (Wildman–Crippen MR) is 74.1 cm³/mol. The lowest BCUT2D eigenvalue weighted by Crippen LogP contribution is -2.46. The van der Waals surface area contributed by atoms with Gasteiger partial charge in [0.05, 0.1) is 6.20 Å². The summed E-state index contributed by atoms with van der Waals surface area (Å²) in [6.07, 6.45) is 6.61. The van der Waals surface area contributed by atoms with Crippen LogP contribution in [0.2, 0.25) is 0 Å². The van der Waals surface area contributed by atoms with Gasteiger partial charge in [-0.05, 0) is 32.2 Å². The number of piperidine rings is 1. The van der Waals surface area contributed by atoms with Crippen LogP contribution in [0, 0.1) is 5.41 Å². The van der Waals surface area contributed by atoms with Crippen LogP contribution in [-0.4, -0.2) is 33.9 Å². The molecule has 1 aliphatic rings. The normalized spacial score (nSPS) is 23.5. The minimum Gasteiger partial charge on any atom is -0.316 e. The Kier molecular flexibility index (Phi) is 4.69. The molecule has 1 saturated heterocycles. The topological polar surface area (TPSA) is 59.8 Å². The molecule has 19 heavy (non-hydrogen) atoms. The maximum Gasteiger partial charge on any atom is 0.189 e. The number of carbonyl (C=O) groups excluding carboxylic acids is 1. The molecule has 1 N–H and O–H groups in total. The average molecular weight is 264 g/mol. The number of ketones is 1. The maximum absolute atomic E-state index is 12.9. The van der Waals surface area contributed by atoms with Crippen LogP contribution >= 0.6 is 0 Å². The largest absolute Gasteiger partial charge is 0.316 e. The number of rotatable bonds is 6. The van der Waals surface area contributed by atoms with Crippen molar-refractivity contribution in [1.82, 2.24) is 20.3 Å². The molecular formula is C14H24N4O. The summed E-state index contributed by atoms with van der Waals surface area (Å²) in [6.45, 7) is 6.80. The lowest BCUT2D eigenvalue weighted by atomic mass is 9.72. The first-order valence-electron chi connectivity index (χ1n) is 7.37. The van der Waals surface area contributed by atoms with Crippen molar-refractivity contribution >= 4 is 5.78 Å². The molecule has 5 heteroatoms. The standard InChI is InChI=1S/C14H24N4O/c1-3-6-14(7-5-8-15-11-14)13(19)12-10-16-17-18(12)9-4-2/h10,15H,3-9,11H2,1-2H3. The van der Waals surface area contributed by atoms with Crippen LogP contribution in [0.3, 0.4) is 0 Å². The van der Waals surface area contributed by atoms with Gasteiger partial charge in [0.25, 0.3) is 0 Å². The van der Waals surface area contributed by atoms with Gasteiger partial charge in [-0.3, -0.25) is 4.79 Å². The molecule has 2 rings (SSSR count). The first-order chi connectivity index (χ1) is 9.23. The number of nitrogens with zero attached hydrogens (tertiary/aromatic N) is 3. The fourth-order valence-corrected chi connectivity index (χ4v) is 3.05. The highest BCUT2D eigenvalue weighted by molar-refractivity contribution is 5.99. The van der Waals surface area contributed by atoms with Crippen molar-refractivity contribution in [3.63, 3.8) is 0 Å². The van der Waals surface area contributed by atoms with Gasteiger partial charge in [0.2, 0.25) is 0 Å². The summed E-state index contributed by atoms with van der Waals surface area (Å²) in [5.41, 5.74) is 0.430. The second kappa shape index (κ2) is 6.28. The number of Topliss-reactive ketones (excluding diaryl/α,β-unsaturated/α-hetero) is 1. The molecule has 1 fully saturated rings. The van der Waals surface area contributed by atoms with E-state index in [1.54, 1.807) is 10.9 Å². The van der Waals surface area contributed by atoms with Crippen LogP contribution in [0.1, 0.15) is 56.4 Å². The van der Waals surface area contributed by atoms with Gasteiger partial charge in [-0.1, -0.05) is 25.5 Å².